The maximum absolute atomic E-state index is 5.48. The van der Waals surface area contributed by atoms with Gasteiger partial charge in [-0.1, -0.05) is 41.4 Å². The predicted octanol–water partition coefficient (Wildman–Crippen LogP) is 4.56. The number of aryl methyl sites for hydroxylation is 1. The van der Waals surface area contributed by atoms with Crippen molar-refractivity contribution in [1.29, 1.82) is 0 Å². The molecule has 5 rings (SSSR count). The van der Waals surface area contributed by atoms with Crippen LogP contribution >= 0.6 is 0 Å². The molecule has 1 aromatic carbocycles. The summed E-state index contributed by atoms with van der Waals surface area (Å²) in [6.07, 6.45) is 8.44. The maximum Gasteiger partial charge on any atom is 0.259 e. The van der Waals surface area contributed by atoms with Crippen molar-refractivity contribution >= 4 is 5.82 Å². The van der Waals surface area contributed by atoms with Crippen molar-refractivity contribution in [3.8, 4) is 22.8 Å². The number of anilines is 1. The molecule has 6 heteroatoms. The Kier molecular flexibility index (Phi) is 5.49. The van der Waals surface area contributed by atoms with Crippen LogP contribution in [0.3, 0.4) is 0 Å². The van der Waals surface area contributed by atoms with Crippen LogP contribution in [0, 0.1) is 6.92 Å². The summed E-state index contributed by atoms with van der Waals surface area (Å²) < 4.78 is 5.48. The van der Waals surface area contributed by atoms with E-state index in [2.05, 4.69) is 45.1 Å². The van der Waals surface area contributed by atoms with Gasteiger partial charge in [-0.25, -0.2) is 4.98 Å². The minimum absolute atomic E-state index is 0.508. The number of hydrogen-bond acceptors (Lipinski definition) is 6. The van der Waals surface area contributed by atoms with E-state index in [1.165, 1.54) is 50.8 Å². The predicted molar refractivity (Wildman–Crippen MR) is 118 cm³/mol. The molecule has 0 bridgehead atoms. The summed E-state index contributed by atoms with van der Waals surface area (Å²) in [5.74, 6) is 2.15. The molecule has 2 aliphatic rings. The molecular formula is C24H29N5O. The number of likely N-dealkylation sites (tertiary alicyclic amines) is 1. The summed E-state index contributed by atoms with van der Waals surface area (Å²) in [5.41, 5.74) is 3.02. The van der Waals surface area contributed by atoms with Crippen LogP contribution in [0.2, 0.25) is 0 Å². The number of nitrogens with zero attached hydrogens (tertiary/aromatic N) is 5. The van der Waals surface area contributed by atoms with E-state index in [1.54, 1.807) is 0 Å². The number of hydrogen-bond donors (Lipinski definition) is 0. The van der Waals surface area contributed by atoms with Gasteiger partial charge >= 0.3 is 0 Å². The smallest absolute Gasteiger partial charge is 0.259 e. The molecule has 2 fully saturated rings. The third kappa shape index (κ3) is 4.10. The Bertz CT molecular complexity index is 952. The van der Waals surface area contributed by atoms with Crippen molar-refractivity contribution in [3.05, 3.63) is 48.2 Å². The van der Waals surface area contributed by atoms with Crippen LogP contribution < -0.4 is 4.90 Å². The third-order valence-electron chi connectivity index (χ3n) is 6.43. The van der Waals surface area contributed by atoms with Crippen molar-refractivity contribution in [2.45, 2.75) is 45.1 Å². The van der Waals surface area contributed by atoms with Crippen molar-refractivity contribution in [1.82, 2.24) is 20.0 Å². The molecule has 156 valence electrons. The molecule has 0 aliphatic carbocycles. The topological polar surface area (TPSA) is 58.3 Å². The van der Waals surface area contributed by atoms with Gasteiger partial charge in [0.15, 0.2) is 0 Å². The highest BCUT2D eigenvalue weighted by Gasteiger charge is 2.26. The first kappa shape index (κ1) is 19.2. The van der Waals surface area contributed by atoms with Gasteiger partial charge in [-0.3, -0.25) is 0 Å². The Morgan fingerprint density at radius 1 is 0.867 bits per heavy atom. The standard InChI is InChI=1S/C24H29N5O/c1-18-5-7-19(8-6-18)23-26-24(30-27-23)20-9-10-22(25-17-20)29-15-11-21(12-16-29)28-13-3-2-4-14-28/h5-10,17,21H,2-4,11-16H2,1H3. The molecule has 0 radical (unpaired) electrons. The molecule has 0 N–H and O–H groups in total. The van der Waals surface area contributed by atoms with Crippen LogP contribution in [-0.4, -0.2) is 52.2 Å². The highest BCUT2D eigenvalue weighted by Crippen LogP contribution is 2.26. The van der Waals surface area contributed by atoms with E-state index < -0.39 is 0 Å². The van der Waals surface area contributed by atoms with Gasteiger partial charge in [0.05, 0.1) is 5.56 Å². The average Bonchev–Trinajstić information content (AvgIpc) is 3.31. The second-order valence-electron chi connectivity index (χ2n) is 8.51. The number of pyridine rings is 1. The molecule has 4 heterocycles. The van der Waals surface area contributed by atoms with Gasteiger partial charge < -0.3 is 14.3 Å². The number of piperidine rings is 2. The van der Waals surface area contributed by atoms with Crippen molar-refractivity contribution in [2.24, 2.45) is 0 Å². The lowest BCUT2D eigenvalue weighted by Gasteiger charge is -2.40. The monoisotopic (exact) mass is 403 g/mol. The molecule has 30 heavy (non-hydrogen) atoms. The Morgan fingerprint density at radius 2 is 1.60 bits per heavy atom. The van der Waals surface area contributed by atoms with Gasteiger partial charge in [0.2, 0.25) is 5.82 Å². The van der Waals surface area contributed by atoms with Gasteiger partial charge in [-0.15, -0.1) is 0 Å². The molecular weight excluding hydrogens is 374 g/mol. The lowest BCUT2D eigenvalue weighted by Crippen LogP contribution is -2.46. The molecule has 0 atom stereocenters. The van der Waals surface area contributed by atoms with Gasteiger partial charge in [-0.2, -0.15) is 4.98 Å². The summed E-state index contributed by atoms with van der Waals surface area (Å²) in [5, 5.41) is 4.13. The van der Waals surface area contributed by atoms with Crippen LogP contribution in [-0.2, 0) is 0 Å². The van der Waals surface area contributed by atoms with Gasteiger partial charge in [0.1, 0.15) is 5.82 Å². The molecule has 0 spiro atoms. The fraction of sp³-hybridized carbons (Fsp3) is 0.458. The minimum Gasteiger partial charge on any atom is -0.357 e. The van der Waals surface area contributed by atoms with Crippen molar-refractivity contribution < 1.29 is 4.52 Å². The largest absolute Gasteiger partial charge is 0.357 e. The first-order chi connectivity index (χ1) is 14.8. The fourth-order valence-corrected chi connectivity index (χ4v) is 4.60. The first-order valence-electron chi connectivity index (χ1n) is 11.1. The lowest BCUT2D eigenvalue weighted by molar-refractivity contribution is 0.141. The van der Waals surface area contributed by atoms with E-state index in [-0.39, 0.29) is 0 Å². The van der Waals surface area contributed by atoms with E-state index in [0.717, 1.165) is 36.1 Å². The first-order valence-corrected chi connectivity index (χ1v) is 11.1. The lowest BCUT2D eigenvalue weighted by atomic mass is 10.00. The second kappa shape index (κ2) is 8.56. The van der Waals surface area contributed by atoms with Crippen molar-refractivity contribution in [2.75, 3.05) is 31.1 Å². The third-order valence-corrected chi connectivity index (χ3v) is 6.43. The molecule has 6 nitrogen and oxygen atoms in total. The van der Waals surface area contributed by atoms with E-state index in [9.17, 15) is 0 Å². The molecule has 2 aliphatic heterocycles. The Balaban J connectivity index is 1.22. The maximum atomic E-state index is 5.48. The van der Waals surface area contributed by atoms with Crippen LogP contribution in [0.15, 0.2) is 47.1 Å². The molecule has 0 amide bonds. The highest BCUT2D eigenvalue weighted by molar-refractivity contribution is 5.60. The van der Waals surface area contributed by atoms with E-state index >= 15 is 0 Å². The summed E-state index contributed by atoms with van der Waals surface area (Å²) in [4.78, 5) is 14.3. The normalized spacial score (nSPS) is 18.6. The van der Waals surface area contributed by atoms with Crippen LogP contribution in [0.25, 0.3) is 22.8 Å². The van der Waals surface area contributed by atoms with E-state index in [4.69, 9.17) is 9.51 Å². The van der Waals surface area contributed by atoms with Gasteiger partial charge in [0, 0.05) is 30.9 Å². The van der Waals surface area contributed by atoms with E-state index in [1.807, 2.05) is 24.4 Å². The van der Waals surface area contributed by atoms with Crippen LogP contribution in [0.4, 0.5) is 5.82 Å². The van der Waals surface area contributed by atoms with E-state index in [0.29, 0.717) is 11.7 Å². The molecule has 3 aromatic rings. The number of aromatic nitrogens is 3. The molecule has 2 saturated heterocycles. The molecule has 0 saturated carbocycles. The second-order valence-corrected chi connectivity index (χ2v) is 8.51. The highest BCUT2D eigenvalue weighted by atomic mass is 16.5. The zero-order valence-corrected chi connectivity index (χ0v) is 17.6. The van der Waals surface area contributed by atoms with Gasteiger partial charge in [0.25, 0.3) is 5.89 Å². The average molecular weight is 404 g/mol. The van der Waals surface area contributed by atoms with Crippen molar-refractivity contribution in [3.63, 3.8) is 0 Å². The zero-order chi connectivity index (χ0) is 20.3. The quantitative estimate of drug-likeness (QED) is 0.636. The molecule has 0 unspecified atom stereocenters. The number of rotatable bonds is 4. The summed E-state index contributed by atoms with van der Waals surface area (Å²) in [6, 6.07) is 13.0. The Morgan fingerprint density at radius 3 is 2.30 bits per heavy atom. The fourth-order valence-electron chi connectivity index (χ4n) is 4.60. The SMILES string of the molecule is Cc1ccc(-c2noc(-c3ccc(N4CCC(N5CCCCC5)CC4)nc3)n2)cc1. The minimum atomic E-state index is 0.508. The molecule has 2 aromatic heterocycles. The summed E-state index contributed by atoms with van der Waals surface area (Å²) in [6.45, 7) is 6.78. The zero-order valence-electron chi connectivity index (χ0n) is 17.6. The van der Waals surface area contributed by atoms with Crippen LogP contribution in [0.5, 0.6) is 0 Å². The van der Waals surface area contributed by atoms with Gasteiger partial charge in [-0.05, 0) is 57.8 Å². The number of benzene rings is 1. The summed E-state index contributed by atoms with van der Waals surface area (Å²) in [7, 11) is 0. The summed E-state index contributed by atoms with van der Waals surface area (Å²) >= 11 is 0. The van der Waals surface area contributed by atoms with Crippen LogP contribution in [0.1, 0.15) is 37.7 Å². The Hall–Kier alpha value is -2.73. The Labute approximate surface area is 177 Å².